The lowest BCUT2D eigenvalue weighted by Gasteiger charge is -2.28. The van der Waals surface area contributed by atoms with Crippen molar-refractivity contribution in [3.63, 3.8) is 0 Å². The Balaban J connectivity index is 1.57. The fraction of sp³-hybridized carbons (Fsp3) is 0.421. The van der Waals surface area contributed by atoms with Gasteiger partial charge in [-0.2, -0.15) is 0 Å². The lowest BCUT2D eigenvalue weighted by molar-refractivity contribution is -0.117. The van der Waals surface area contributed by atoms with Crippen molar-refractivity contribution >= 4 is 22.9 Å². The zero-order chi connectivity index (χ0) is 16.9. The fourth-order valence-corrected chi connectivity index (χ4v) is 3.71. The first-order chi connectivity index (χ1) is 11.6. The number of carbonyl (C=O) groups is 1. The Kier molecular flexibility index (Phi) is 5.53. The second-order valence-electron chi connectivity index (χ2n) is 6.26. The molecule has 5 heteroatoms. The van der Waals surface area contributed by atoms with Gasteiger partial charge in [-0.15, -0.1) is 11.3 Å². The molecule has 3 unspecified atom stereocenters. The van der Waals surface area contributed by atoms with Gasteiger partial charge in [-0.3, -0.25) is 4.79 Å². The van der Waals surface area contributed by atoms with Crippen molar-refractivity contribution in [3.8, 4) is 5.75 Å². The number of amides is 1. The summed E-state index contributed by atoms with van der Waals surface area (Å²) in [5, 5.41) is 14.9. The molecule has 1 aromatic heterocycles. The standard InChI is InChI=1S/C19H23NO3S/c1-13(18-7-4-12-24-18)19(22)20-14-8-10-15(11-9-14)23-17-6-3-2-5-16(17)21/h4,7-13,16-17,21H,2-3,5-6H2,1H3,(H,20,22). The zero-order valence-corrected chi connectivity index (χ0v) is 14.6. The number of carbonyl (C=O) groups excluding carboxylic acids is 1. The fourth-order valence-electron chi connectivity index (χ4n) is 2.92. The number of hydrogen-bond acceptors (Lipinski definition) is 4. The van der Waals surface area contributed by atoms with Gasteiger partial charge in [-0.25, -0.2) is 0 Å². The summed E-state index contributed by atoms with van der Waals surface area (Å²) in [4.78, 5) is 13.3. The summed E-state index contributed by atoms with van der Waals surface area (Å²) < 4.78 is 5.87. The molecule has 2 N–H and O–H groups in total. The van der Waals surface area contributed by atoms with Gasteiger partial charge in [-0.05, 0) is 61.9 Å². The van der Waals surface area contributed by atoms with Crippen LogP contribution in [0.3, 0.4) is 0 Å². The van der Waals surface area contributed by atoms with Crippen LogP contribution in [0.15, 0.2) is 41.8 Å². The molecule has 1 aliphatic rings. The lowest BCUT2D eigenvalue weighted by Crippen LogP contribution is -2.34. The zero-order valence-electron chi connectivity index (χ0n) is 13.8. The molecule has 128 valence electrons. The van der Waals surface area contributed by atoms with Crippen LogP contribution >= 0.6 is 11.3 Å². The monoisotopic (exact) mass is 345 g/mol. The van der Waals surface area contributed by atoms with E-state index in [4.69, 9.17) is 4.74 Å². The summed E-state index contributed by atoms with van der Waals surface area (Å²) in [5.41, 5.74) is 0.750. The summed E-state index contributed by atoms with van der Waals surface area (Å²) in [7, 11) is 0. The first kappa shape index (κ1) is 17.0. The molecule has 0 saturated heterocycles. The smallest absolute Gasteiger partial charge is 0.232 e. The van der Waals surface area contributed by atoms with Crippen molar-refractivity contribution in [2.45, 2.75) is 50.7 Å². The normalized spacial score (nSPS) is 21.9. The molecule has 0 bridgehead atoms. The van der Waals surface area contributed by atoms with Crippen LogP contribution in [0.5, 0.6) is 5.75 Å². The van der Waals surface area contributed by atoms with E-state index < -0.39 is 0 Å². The van der Waals surface area contributed by atoms with Crippen LogP contribution in [0.2, 0.25) is 0 Å². The molecule has 3 rings (SSSR count). The first-order valence-corrected chi connectivity index (χ1v) is 9.30. The van der Waals surface area contributed by atoms with E-state index >= 15 is 0 Å². The molecule has 1 amide bonds. The topological polar surface area (TPSA) is 58.6 Å². The molecule has 1 heterocycles. The molecule has 1 aromatic carbocycles. The molecule has 0 aliphatic heterocycles. The van der Waals surface area contributed by atoms with Gasteiger partial charge in [0.1, 0.15) is 11.9 Å². The number of nitrogens with one attached hydrogen (secondary N) is 1. The van der Waals surface area contributed by atoms with Crippen LogP contribution in [0.25, 0.3) is 0 Å². The van der Waals surface area contributed by atoms with Gasteiger partial charge in [0.05, 0.1) is 12.0 Å². The Morgan fingerprint density at radius 2 is 2.00 bits per heavy atom. The maximum atomic E-state index is 12.3. The van der Waals surface area contributed by atoms with Crippen molar-refractivity contribution in [1.29, 1.82) is 0 Å². The summed E-state index contributed by atoms with van der Waals surface area (Å²) >= 11 is 1.59. The number of anilines is 1. The quantitative estimate of drug-likeness (QED) is 0.855. The number of thiophene rings is 1. The third-order valence-corrected chi connectivity index (χ3v) is 5.50. The predicted octanol–water partition coefficient (Wildman–Crippen LogP) is 4.17. The Hall–Kier alpha value is -1.85. The molecule has 0 spiro atoms. The number of aliphatic hydroxyl groups excluding tert-OH is 1. The molecule has 2 aromatic rings. The van der Waals surface area contributed by atoms with Crippen LogP contribution in [0.1, 0.15) is 43.4 Å². The van der Waals surface area contributed by atoms with E-state index in [9.17, 15) is 9.90 Å². The molecule has 1 fully saturated rings. The van der Waals surface area contributed by atoms with E-state index in [2.05, 4.69) is 5.32 Å². The summed E-state index contributed by atoms with van der Waals surface area (Å²) in [5.74, 6) is 0.539. The molecule has 1 aliphatic carbocycles. The van der Waals surface area contributed by atoms with Crippen LogP contribution in [-0.4, -0.2) is 23.2 Å². The van der Waals surface area contributed by atoms with Crippen LogP contribution < -0.4 is 10.1 Å². The van der Waals surface area contributed by atoms with Crippen molar-refractivity contribution in [1.82, 2.24) is 0 Å². The highest BCUT2D eigenvalue weighted by Crippen LogP contribution is 2.26. The molecule has 24 heavy (non-hydrogen) atoms. The molecule has 4 nitrogen and oxygen atoms in total. The van der Waals surface area contributed by atoms with Crippen molar-refractivity contribution in [3.05, 3.63) is 46.7 Å². The maximum absolute atomic E-state index is 12.3. The lowest BCUT2D eigenvalue weighted by atomic mass is 9.95. The highest BCUT2D eigenvalue weighted by atomic mass is 32.1. The van der Waals surface area contributed by atoms with E-state index in [-0.39, 0.29) is 24.0 Å². The van der Waals surface area contributed by atoms with Gasteiger partial charge < -0.3 is 15.2 Å². The highest BCUT2D eigenvalue weighted by Gasteiger charge is 2.24. The molecule has 3 atom stereocenters. The predicted molar refractivity (Wildman–Crippen MR) is 96.7 cm³/mol. The second-order valence-corrected chi connectivity index (χ2v) is 7.24. The number of hydrogen-bond donors (Lipinski definition) is 2. The van der Waals surface area contributed by atoms with Gasteiger partial charge in [0.2, 0.25) is 5.91 Å². The minimum atomic E-state index is -0.384. The third kappa shape index (κ3) is 4.16. The van der Waals surface area contributed by atoms with Crippen LogP contribution in [0.4, 0.5) is 5.69 Å². The molecular weight excluding hydrogens is 322 g/mol. The Bertz CT molecular complexity index is 654. The van der Waals surface area contributed by atoms with Crippen molar-refractivity contribution in [2.75, 3.05) is 5.32 Å². The molecule has 1 saturated carbocycles. The Morgan fingerprint density at radius 3 is 2.67 bits per heavy atom. The molecule has 0 radical (unpaired) electrons. The highest BCUT2D eigenvalue weighted by molar-refractivity contribution is 7.10. The van der Waals surface area contributed by atoms with Gasteiger partial charge in [0.15, 0.2) is 0 Å². The van der Waals surface area contributed by atoms with E-state index in [1.807, 2.05) is 48.7 Å². The van der Waals surface area contributed by atoms with E-state index in [0.717, 1.165) is 42.0 Å². The largest absolute Gasteiger partial charge is 0.488 e. The van der Waals surface area contributed by atoms with Crippen LogP contribution in [-0.2, 0) is 4.79 Å². The third-order valence-electron chi connectivity index (χ3n) is 4.44. The van der Waals surface area contributed by atoms with E-state index in [1.54, 1.807) is 11.3 Å². The summed E-state index contributed by atoms with van der Waals surface area (Å²) in [6.07, 6.45) is 3.34. The average molecular weight is 345 g/mol. The summed E-state index contributed by atoms with van der Waals surface area (Å²) in [6, 6.07) is 11.3. The number of benzene rings is 1. The van der Waals surface area contributed by atoms with E-state index in [0.29, 0.717) is 0 Å². The number of rotatable bonds is 5. The van der Waals surface area contributed by atoms with Gasteiger partial charge in [-0.1, -0.05) is 12.5 Å². The summed E-state index contributed by atoms with van der Waals surface area (Å²) in [6.45, 7) is 1.91. The maximum Gasteiger partial charge on any atom is 0.232 e. The second kappa shape index (κ2) is 7.81. The number of ether oxygens (including phenoxy) is 1. The van der Waals surface area contributed by atoms with Crippen LogP contribution in [0, 0.1) is 0 Å². The average Bonchev–Trinajstić information content (AvgIpc) is 3.12. The molecular formula is C19H23NO3S. The van der Waals surface area contributed by atoms with Gasteiger partial charge in [0.25, 0.3) is 0 Å². The van der Waals surface area contributed by atoms with Crippen molar-refractivity contribution < 1.29 is 14.6 Å². The van der Waals surface area contributed by atoms with Gasteiger partial charge >= 0.3 is 0 Å². The minimum absolute atomic E-state index is 0.0196. The van der Waals surface area contributed by atoms with Crippen molar-refractivity contribution in [2.24, 2.45) is 0 Å². The SMILES string of the molecule is CC(C(=O)Nc1ccc(OC2CCCCC2O)cc1)c1cccs1. The van der Waals surface area contributed by atoms with E-state index in [1.165, 1.54) is 0 Å². The van der Waals surface area contributed by atoms with Gasteiger partial charge in [0, 0.05) is 10.6 Å². The Morgan fingerprint density at radius 1 is 1.25 bits per heavy atom. The first-order valence-electron chi connectivity index (χ1n) is 8.42. The number of aliphatic hydroxyl groups is 1. The minimum Gasteiger partial charge on any atom is -0.488 e. The Labute approximate surface area is 146 Å².